The van der Waals surface area contributed by atoms with E-state index in [0.29, 0.717) is 70.3 Å². The molecule has 0 aromatic rings. The number of carbonyl (C=O) groups is 2. The average Bonchev–Trinajstić information content (AvgIpc) is 3.78. The second kappa shape index (κ2) is 28.6. The van der Waals surface area contributed by atoms with Gasteiger partial charge in [-0.1, -0.05) is 104 Å². The molecule has 3 rings (SSSR count). The summed E-state index contributed by atoms with van der Waals surface area (Å²) in [5.41, 5.74) is 6.45. The van der Waals surface area contributed by atoms with E-state index in [1.165, 1.54) is 0 Å². The molecule has 3 heterocycles. The summed E-state index contributed by atoms with van der Waals surface area (Å²) in [5.74, 6) is -1.82. The summed E-state index contributed by atoms with van der Waals surface area (Å²) in [6, 6.07) is 0. The molecule has 0 radical (unpaired) electrons. The van der Waals surface area contributed by atoms with Crippen molar-refractivity contribution in [2.75, 3.05) is 47.1 Å². The van der Waals surface area contributed by atoms with Gasteiger partial charge < -0.3 is 39.1 Å². The molecule has 0 aliphatic carbocycles. The smallest absolute Gasteiger partial charge is 0.306 e. The molecule has 2 unspecified atom stereocenters. The highest BCUT2D eigenvalue weighted by molar-refractivity contribution is 5.70. The molecule has 0 saturated carbocycles. The van der Waals surface area contributed by atoms with Crippen LogP contribution in [0.1, 0.15) is 103 Å². The zero-order valence-electron chi connectivity index (χ0n) is 34.7. The summed E-state index contributed by atoms with van der Waals surface area (Å²) >= 11 is 0. The van der Waals surface area contributed by atoms with Gasteiger partial charge in [0.15, 0.2) is 11.6 Å². The van der Waals surface area contributed by atoms with Crippen molar-refractivity contribution in [2.24, 2.45) is 5.73 Å². The highest BCUT2D eigenvalue weighted by Crippen LogP contribution is 2.34. The van der Waals surface area contributed by atoms with E-state index in [4.69, 9.17) is 34.2 Å². The Balaban J connectivity index is 1.55. The number of cyclic esters (lactones) is 2. The Morgan fingerprint density at radius 1 is 0.632 bits per heavy atom. The highest BCUT2D eigenvalue weighted by atomic mass is 16.7. The summed E-state index contributed by atoms with van der Waals surface area (Å²) in [4.78, 5) is 26.6. The zero-order valence-corrected chi connectivity index (χ0v) is 34.7. The number of nitrogens with zero attached hydrogens (tertiary/aromatic N) is 1. The first-order valence-electron chi connectivity index (χ1n) is 20.9. The molecule has 0 aromatic heterocycles. The van der Waals surface area contributed by atoms with Gasteiger partial charge in [0.2, 0.25) is 0 Å². The van der Waals surface area contributed by atoms with E-state index in [9.17, 15) is 9.59 Å². The Hall–Kier alpha value is -3.80. The van der Waals surface area contributed by atoms with Crippen molar-refractivity contribution < 1.29 is 38.0 Å². The van der Waals surface area contributed by atoms with E-state index < -0.39 is 11.6 Å². The second-order valence-corrected chi connectivity index (χ2v) is 15.0. The fourth-order valence-electron chi connectivity index (χ4n) is 6.41. The molecule has 0 amide bonds. The van der Waals surface area contributed by atoms with Crippen LogP contribution in [0.3, 0.4) is 0 Å². The molecule has 2 spiro atoms. The van der Waals surface area contributed by atoms with Gasteiger partial charge in [-0.3, -0.25) is 9.59 Å². The van der Waals surface area contributed by atoms with E-state index in [1.54, 1.807) is 0 Å². The van der Waals surface area contributed by atoms with Gasteiger partial charge in [-0.05, 0) is 78.3 Å². The van der Waals surface area contributed by atoms with Crippen LogP contribution in [-0.4, -0.2) is 87.7 Å². The summed E-state index contributed by atoms with van der Waals surface area (Å²) in [6.45, 7) is 6.37. The molecular weight excluding hydrogens is 721 g/mol. The van der Waals surface area contributed by atoms with Crippen LogP contribution in [0.2, 0.25) is 0 Å². The standard InChI is InChI=1S/C47H70N2O8/c1-41(48)27-26-28-42-39-54-46(56-42)32-20-12-6-4-10-18-29-44(50)52-37-24-16-8-14-22-34-47(55-40-43(57-47)31-36-49(2)3)35-23-15-9-17-25-38-53-45(51)30-19-11-5-7-13-21-33-46/h4-5,10-17,20-25,42-43H,1,6-9,18-19,26-40,48H2,2-3H3. The van der Waals surface area contributed by atoms with Crippen molar-refractivity contribution in [2.45, 2.75) is 127 Å². The number of ether oxygens (including phenoxy) is 6. The summed E-state index contributed by atoms with van der Waals surface area (Å²) in [5, 5.41) is 0. The van der Waals surface area contributed by atoms with Crippen molar-refractivity contribution in [1.29, 1.82) is 0 Å². The van der Waals surface area contributed by atoms with Crippen molar-refractivity contribution in [3.8, 4) is 0 Å². The molecule has 3 aliphatic heterocycles. The first kappa shape index (κ1) is 47.6. The van der Waals surface area contributed by atoms with Crippen molar-refractivity contribution >= 4 is 11.9 Å². The van der Waals surface area contributed by atoms with Crippen LogP contribution >= 0.6 is 0 Å². The third kappa shape index (κ3) is 22.1. The fraction of sp³-hybridized carbons (Fsp3) is 0.574. The molecule has 3 aliphatic rings. The van der Waals surface area contributed by atoms with E-state index >= 15 is 0 Å². The fourth-order valence-corrected chi connectivity index (χ4v) is 6.41. The lowest BCUT2D eigenvalue weighted by Gasteiger charge is -2.26. The van der Waals surface area contributed by atoms with Crippen molar-refractivity contribution in [1.82, 2.24) is 4.90 Å². The number of carbonyl (C=O) groups excluding carboxylic acids is 2. The third-order valence-corrected chi connectivity index (χ3v) is 9.60. The lowest BCUT2D eigenvalue weighted by atomic mass is 10.1. The number of hydrogen-bond donors (Lipinski definition) is 1. The Labute approximate surface area is 342 Å². The van der Waals surface area contributed by atoms with Crippen LogP contribution in [0.5, 0.6) is 0 Å². The molecule has 2 atom stereocenters. The first-order chi connectivity index (χ1) is 27.7. The zero-order chi connectivity index (χ0) is 40.9. The number of esters is 2. The van der Waals surface area contributed by atoms with Gasteiger partial charge in [0.1, 0.15) is 13.2 Å². The lowest BCUT2D eigenvalue weighted by molar-refractivity contribution is -0.163. The van der Waals surface area contributed by atoms with E-state index in [-0.39, 0.29) is 37.4 Å². The summed E-state index contributed by atoms with van der Waals surface area (Å²) in [7, 11) is 4.12. The van der Waals surface area contributed by atoms with Crippen molar-refractivity contribution in [3.05, 3.63) is 109 Å². The van der Waals surface area contributed by atoms with Gasteiger partial charge in [0, 0.05) is 50.8 Å². The van der Waals surface area contributed by atoms with Crippen LogP contribution in [0.15, 0.2) is 109 Å². The second-order valence-electron chi connectivity index (χ2n) is 15.0. The van der Waals surface area contributed by atoms with Gasteiger partial charge in [-0.25, -0.2) is 0 Å². The minimum atomic E-state index is -0.707. The monoisotopic (exact) mass is 791 g/mol. The predicted molar refractivity (Wildman–Crippen MR) is 228 cm³/mol. The molecule has 57 heavy (non-hydrogen) atoms. The van der Waals surface area contributed by atoms with E-state index in [1.807, 2.05) is 36.5 Å². The Kier molecular flexibility index (Phi) is 23.9. The van der Waals surface area contributed by atoms with Crippen molar-refractivity contribution in [3.63, 3.8) is 0 Å². The SMILES string of the molecule is C=C(N)CCCC1COC2(CC=CCC=CCCC(=O)OCC=CCC=CCC3(CC=CCC=CCOC(=O)CCC=CCC=CC2)OCC(CCN(C)C)O3)O1. The third-order valence-electron chi connectivity index (χ3n) is 9.60. The highest BCUT2D eigenvalue weighted by Gasteiger charge is 2.40. The molecule has 316 valence electrons. The van der Waals surface area contributed by atoms with Gasteiger partial charge >= 0.3 is 11.9 Å². The Bertz CT molecular complexity index is 1350. The minimum absolute atomic E-state index is 0.0204. The van der Waals surface area contributed by atoms with E-state index in [2.05, 4.69) is 86.3 Å². The van der Waals surface area contributed by atoms with Crippen LogP contribution in [0, 0.1) is 0 Å². The van der Waals surface area contributed by atoms with Gasteiger partial charge in [-0.15, -0.1) is 0 Å². The van der Waals surface area contributed by atoms with Crippen LogP contribution in [0.25, 0.3) is 0 Å². The maximum Gasteiger partial charge on any atom is 0.306 e. The predicted octanol–water partition coefficient (Wildman–Crippen LogP) is 9.04. The minimum Gasteiger partial charge on any atom is -0.461 e. The number of allylic oxidation sites excluding steroid dienone is 11. The Morgan fingerprint density at radius 2 is 1.04 bits per heavy atom. The molecular formula is C47H70N2O8. The number of nitrogens with two attached hydrogens (primary N) is 1. The quantitative estimate of drug-likeness (QED) is 0.198. The van der Waals surface area contributed by atoms with Gasteiger partial charge in [0.25, 0.3) is 0 Å². The molecule has 0 aromatic carbocycles. The van der Waals surface area contributed by atoms with Gasteiger partial charge in [-0.2, -0.15) is 0 Å². The van der Waals surface area contributed by atoms with Crippen LogP contribution in [0.4, 0.5) is 0 Å². The molecule has 2 saturated heterocycles. The maximum atomic E-state index is 12.2. The van der Waals surface area contributed by atoms with Crippen LogP contribution < -0.4 is 5.73 Å². The normalized spacial score (nSPS) is 27.4. The topological polar surface area (TPSA) is 119 Å². The molecule has 2 N–H and O–H groups in total. The summed E-state index contributed by atoms with van der Waals surface area (Å²) in [6.07, 6.45) is 43.7. The summed E-state index contributed by atoms with van der Waals surface area (Å²) < 4.78 is 36.3. The van der Waals surface area contributed by atoms with E-state index in [0.717, 1.165) is 57.9 Å². The largest absolute Gasteiger partial charge is 0.461 e. The molecule has 0 bridgehead atoms. The molecule has 2 fully saturated rings. The molecule has 10 nitrogen and oxygen atoms in total. The number of rotatable bonds is 7. The average molecular weight is 791 g/mol. The lowest BCUT2D eigenvalue weighted by Crippen LogP contribution is -2.30. The first-order valence-corrected chi connectivity index (χ1v) is 20.9. The molecule has 10 heteroatoms. The Morgan fingerprint density at radius 3 is 1.46 bits per heavy atom. The maximum absolute atomic E-state index is 12.2. The number of hydrogen-bond acceptors (Lipinski definition) is 10. The van der Waals surface area contributed by atoms with Crippen LogP contribution in [-0.2, 0) is 38.0 Å². The van der Waals surface area contributed by atoms with Gasteiger partial charge in [0.05, 0.1) is 25.4 Å².